The number of rotatable bonds is 1. The molecule has 0 aromatic rings. The van der Waals surface area contributed by atoms with Gasteiger partial charge >= 0.3 is 0 Å². The Kier molecular flexibility index (Phi) is 2.51. The van der Waals surface area contributed by atoms with E-state index in [1.54, 1.807) is 0 Å². The number of nitrogens with two attached hydrogens (primary N) is 2. The third kappa shape index (κ3) is 2.66. The Morgan fingerprint density at radius 1 is 1.46 bits per heavy atom. The Morgan fingerprint density at radius 3 is 2.46 bits per heavy atom. The predicted molar refractivity (Wildman–Crippen MR) is 51.1 cm³/mol. The molecule has 6 nitrogen and oxygen atoms in total. The van der Waals surface area contributed by atoms with Crippen LogP contribution < -0.4 is 16.9 Å². The normalized spacial score (nSPS) is 29.1. The Balaban J connectivity index is 2.63. The molecule has 0 aromatic carbocycles. The first-order valence-electron chi connectivity index (χ1n) is 4.16. The minimum Gasteiger partial charge on any atom is -0.384 e. The molecule has 2 atom stereocenters. The number of hydrazone groups is 1. The van der Waals surface area contributed by atoms with Gasteiger partial charge in [-0.15, -0.1) is 0 Å². The number of hydrogen-bond donors (Lipinski definition) is 3. The highest BCUT2D eigenvalue weighted by atomic mass is 15.4. The Labute approximate surface area is 77.5 Å². The first-order valence-corrected chi connectivity index (χ1v) is 4.16. The molecule has 1 aliphatic heterocycles. The maximum atomic E-state index is 5.64. The average Bonchev–Trinajstić information content (AvgIpc) is 2.27. The summed E-state index contributed by atoms with van der Waals surface area (Å²) in [6.07, 6.45) is -0.355. The molecule has 0 aliphatic carbocycles. The van der Waals surface area contributed by atoms with Crippen molar-refractivity contribution in [1.82, 2.24) is 5.43 Å². The van der Waals surface area contributed by atoms with Crippen molar-refractivity contribution in [3.8, 4) is 0 Å². The molecule has 0 aromatic heterocycles. The van der Waals surface area contributed by atoms with Gasteiger partial charge in [0.15, 0.2) is 6.04 Å². The van der Waals surface area contributed by atoms with Crippen molar-refractivity contribution in [2.45, 2.75) is 38.5 Å². The van der Waals surface area contributed by atoms with Crippen molar-refractivity contribution in [1.29, 1.82) is 0 Å². The Morgan fingerprint density at radius 2 is 2.08 bits per heavy atom. The molecule has 0 fully saturated rings. The zero-order valence-corrected chi connectivity index (χ0v) is 8.15. The maximum Gasteiger partial charge on any atom is 0.164 e. The zero-order chi connectivity index (χ0) is 10.1. The van der Waals surface area contributed by atoms with Crippen LogP contribution in [0.1, 0.15) is 20.8 Å². The lowest BCUT2D eigenvalue weighted by Gasteiger charge is -2.13. The number of amidine groups is 1. The average molecular weight is 184 g/mol. The summed E-state index contributed by atoms with van der Waals surface area (Å²) in [5.41, 5.74) is 13.6. The van der Waals surface area contributed by atoms with Gasteiger partial charge in [0.05, 0.1) is 5.54 Å². The Bertz CT molecular complexity index is 238. The first kappa shape index (κ1) is 9.91. The summed E-state index contributed by atoms with van der Waals surface area (Å²) < 4.78 is 0. The van der Waals surface area contributed by atoms with Gasteiger partial charge in [0.1, 0.15) is 12.0 Å². The van der Waals surface area contributed by atoms with Crippen LogP contribution in [0.5, 0.6) is 0 Å². The third-order valence-electron chi connectivity index (χ3n) is 1.47. The lowest BCUT2D eigenvalue weighted by molar-refractivity contribution is 0.493. The van der Waals surface area contributed by atoms with Crippen LogP contribution in [0.4, 0.5) is 0 Å². The van der Waals surface area contributed by atoms with Crippen LogP contribution in [0.3, 0.4) is 0 Å². The van der Waals surface area contributed by atoms with Gasteiger partial charge in [0.25, 0.3) is 0 Å². The summed E-state index contributed by atoms with van der Waals surface area (Å²) in [5.74, 6) is 0.389. The van der Waals surface area contributed by atoms with Crippen LogP contribution in [0.15, 0.2) is 15.3 Å². The molecule has 0 saturated heterocycles. The van der Waals surface area contributed by atoms with E-state index >= 15 is 0 Å². The molecule has 6 heteroatoms. The largest absolute Gasteiger partial charge is 0.384 e. The summed E-state index contributed by atoms with van der Waals surface area (Å²) >= 11 is 0. The highest BCUT2D eigenvalue weighted by molar-refractivity contribution is 5.87. The summed E-state index contributed by atoms with van der Waals surface area (Å²) in [5, 5.41) is 11.9. The van der Waals surface area contributed by atoms with Gasteiger partial charge in [-0.05, 0) is 20.8 Å². The summed E-state index contributed by atoms with van der Waals surface area (Å²) in [6, 6.07) is -0.334. The van der Waals surface area contributed by atoms with Crippen LogP contribution in [-0.4, -0.2) is 23.6 Å². The van der Waals surface area contributed by atoms with E-state index in [2.05, 4.69) is 20.8 Å². The molecular formula is C7H16N6. The third-order valence-corrected chi connectivity index (χ3v) is 1.47. The highest BCUT2D eigenvalue weighted by Gasteiger charge is 2.27. The van der Waals surface area contributed by atoms with Crippen LogP contribution in [-0.2, 0) is 0 Å². The van der Waals surface area contributed by atoms with Gasteiger partial charge in [0.2, 0.25) is 0 Å². The lowest BCUT2D eigenvalue weighted by Crippen LogP contribution is -2.42. The molecule has 0 amide bonds. The summed E-state index contributed by atoms with van der Waals surface area (Å²) in [7, 11) is 0. The summed E-state index contributed by atoms with van der Waals surface area (Å²) in [6.45, 7) is 5.87. The standard InChI is InChI=1S/C7H16N6/c1-7(2,3)13-10-4-5(8)11-12-6(4)9/h4-5,11H,8H2,1-3H3,(H2,9,12). The fraction of sp³-hybridized carbons (Fsp3) is 0.857. The smallest absolute Gasteiger partial charge is 0.164 e. The van der Waals surface area contributed by atoms with Gasteiger partial charge in [0, 0.05) is 0 Å². The minimum atomic E-state index is -0.355. The van der Waals surface area contributed by atoms with E-state index in [-0.39, 0.29) is 17.7 Å². The molecule has 74 valence electrons. The second kappa shape index (κ2) is 3.29. The van der Waals surface area contributed by atoms with Crippen molar-refractivity contribution in [2.24, 2.45) is 26.8 Å². The topological polar surface area (TPSA) is 101 Å². The van der Waals surface area contributed by atoms with Crippen LogP contribution >= 0.6 is 0 Å². The molecule has 0 saturated carbocycles. The monoisotopic (exact) mass is 184 g/mol. The molecular weight excluding hydrogens is 168 g/mol. The second-order valence-corrected chi connectivity index (χ2v) is 4.02. The van der Waals surface area contributed by atoms with E-state index in [9.17, 15) is 0 Å². The predicted octanol–water partition coefficient (Wildman–Crippen LogP) is -0.234. The number of azo groups is 1. The van der Waals surface area contributed by atoms with Crippen molar-refractivity contribution < 1.29 is 0 Å². The van der Waals surface area contributed by atoms with Gasteiger partial charge in [-0.2, -0.15) is 15.3 Å². The van der Waals surface area contributed by atoms with E-state index < -0.39 is 0 Å². The fourth-order valence-electron chi connectivity index (χ4n) is 0.836. The van der Waals surface area contributed by atoms with Crippen molar-refractivity contribution in [2.75, 3.05) is 0 Å². The quantitative estimate of drug-likeness (QED) is 0.490. The first-order chi connectivity index (χ1) is 5.90. The van der Waals surface area contributed by atoms with Gasteiger partial charge in [-0.1, -0.05) is 0 Å². The molecule has 0 bridgehead atoms. The van der Waals surface area contributed by atoms with Gasteiger partial charge in [-0.25, -0.2) is 0 Å². The molecule has 0 spiro atoms. The van der Waals surface area contributed by atoms with Crippen molar-refractivity contribution >= 4 is 5.84 Å². The molecule has 2 unspecified atom stereocenters. The lowest BCUT2D eigenvalue weighted by atomic mass is 10.1. The minimum absolute atomic E-state index is 0.206. The van der Waals surface area contributed by atoms with Crippen molar-refractivity contribution in [3.05, 3.63) is 0 Å². The summed E-state index contributed by atoms with van der Waals surface area (Å²) in [4.78, 5) is 0. The number of nitrogens with one attached hydrogen (secondary N) is 1. The van der Waals surface area contributed by atoms with Gasteiger partial charge < -0.3 is 11.5 Å². The van der Waals surface area contributed by atoms with Crippen LogP contribution in [0, 0.1) is 0 Å². The van der Waals surface area contributed by atoms with Gasteiger partial charge in [-0.3, -0.25) is 5.43 Å². The molecule has 0 radical (unpaired) electrons. The number of nitrogens with zero attached hydrogens (tertiary/aromatic N) is 3. The SMILES string of the molecule is CC(C)(C)N=NC1C(N)=NNC1N. The molecule has 1 heterocycles. The van der Waals surface area contributed by atoms with Crippen molar-refractivity contribution in [3.63, 3.8) is 0 Å². The Hall–Kier alpha value is -1.17. The van der Waals surface area contributed by atoms with E-state index in [4.69, 9.17) is 11.5 Å². The van der Waals surface area contributed by atoms with Crippen LogP contribution in [0.25, 0.3) is 0 Å². The maximum absolute atomic E-state index is 5.64. The van der Waals surface area contributed by atoms with E-state index in [0.29, 0.717) is 5.84 Å². The number of hydrogen-bond acceptors (Lipinski definition) is 6. The molecule has 5 N–H and O–H groups in total. The second-order valence-electron chi connectivity index (χ2n) is 4.02. The fourth-order valence-corrected chi connectivity index (χ4v) is 0.836. The molecule has 1 rings (SSSR count). The highest BCUT2D eigenvalue weighted by Crippen LogP contribution is 2.10. The van der Waals surface area contributed by atoms with Crippen LogP contribution in [0.2, 0.25) is 0 Å². The zero-order valence-electron chi connectivity index (χ0n) is 8.15. The molecule has 1 aliphatic rings. The van der Waals surface area contributed by atoms with E-state index in [1.807, 2.05) is 20.8 Å². The van der Waals surface area contributed by atoms with E-state index in [0.717, 1.165) is 0 Å². The van der Waals surface area contributed by atoms with E-state index in [1.165, 1.54) is 0 Å². The molecule has 13 heavy (non-hydrogen) atoms.